The topological polar surface area (TPSA) is 12.0 Å². The van der Waals surface area contributed by atoms with E-state index in [1.54, 1.807) is 4.88 Å². The summed E-state index contributed by atoms with van der Waals surface area (Å²) in [7, 11) is 0. The molecular formula is C17H28BrNS. The molecule has 1 N–H and O–H groups in total. The highest BCUT2D eigenvalue weighted by atomic mass is 79.9. The van der Waals surface area contributed by atoms with Gasteiger partial charge in [-0.1, -0.05) is 26.2 Å². The summed E-state index contributed by atoms with van der Waals surface area (Å²) >= 11 is 5.61. The fraction of sp³-hybridized carbons (Fsp3) is 0.765. The molecule has 1 aliphatic carbocycles. The van der Waals surface area contributed by atoms with Gasteiger partial charge < -0.3 is 5.32 Å². The van der Waals surface area contributed by atoms with Gasteiger partial charge in [0.05, 0.1) is 0 Å². The summed E-state index contributed by atoms with van der Waals surface area (Å²) in [5, 5.41) is 3.53. The van der Waals surface area contributed by atoms with E-state index in [1.165, 1.54) is 67.3 Å². The lowest BCUT2D eigenvalue weighted by atomic mass is 9.69. The maximum Gasteiger partial charge on any atom is 0.0314 e. The first-order chi connectivity index (χ1) is 9.65. The maximum absolute atomic E-state index is 3.65. The van der Waals surface area contributed by atoms with Crippen LogP contribution in [0.15, 0.2) is 10.5 Å². The molecule has 1 aliphatic rings. The third-order valence-electron chi connectivity index (χ3n) is 4.81. The zero-order chi connectivity index (χ0) is 14.4. The molecule has 0 bridgehead atoms. The van der Waals surface area contributed by atoms with Gasteiger partial charge in [0.2, 0.25) is 0 Å². The first kappa shape index (κ1) is 16.5. The van der Waals surface area contributed by atoms with Crippen molar-refractivity contribution in [2.45, 2.75) is 65.2 Å². The second-order valence-corrected chi connectivity index (χ2v) is 8.48. The second-order valence-electron chi connectivity index (χ2n) is 6.28. The second kappa shape index (κ2) is 7.95. The fourth-order valence-corrected chi connectivity index (χ4v) is 5.09. The predicted octanol–water partition coefficient (Wildman–Crippen LogP) is 5.70. The Hall–Kier alpha value is 0.140. The Kier molecular flexibility index (Phi) is 6.57. The summed E-state index contributed by atoms with van der Waals surface area (Å²) in [5.74, 6) is 0. The van der Waals surface area contributed by atoms with Crippen LogP contribution in [0.1, 0.15) is 61.6 Å². The molecule has 0 saturated heterocycles. The maximum atomic E-state index is 3.65. The minimum absolute atomic E-state index is 0.616. The van der Waals surface area contributed by atoms with Crippen LogP contribution < -0.4 is 5.32 Å². The van der Waals surface area contributed by atoms with Crippen molar-refractivity contribution < 1.29 is 0 Å². The summed E-state index contributed by atoms with van der Waals surface area (Å²) in [4.78, 5) is 2.98. The lowest BCUT2D eigenvalue weighted by Gasteiger charge is -2.37. The van der Waals surface area contributed by atoms with Crippen LogP contribution in [0.25, 0.3) is 0 Å². The molecule has 0 radical (unpaired) electrons. The summed E-state index contributed by atoms with van der Waals surface area (Å²) in [5.41, 5.74) is 0.616. The van der Waals surface area contributed by atoms with Gasteiger partial charge in [-0.25, -0.2) is 0 Å². The lowest BCUT2D eigenvalue weighted by molar-refractivity contribution is 0.157. The fourth-order valence-electron chi connectivity index (χ4n) is 3.49. The number of rotatable bonds is 7. The Labute approximate surface area is 136 Å². The number of aryl methyl sites for hydroxylation is 2. The van der Waals surface area contributed by atoms with E-state index in [-0.39, 0.29) is 0 Å². The van der Waals surface area contributed by atoms with E-state index in [0.29, 0.717) is 5.41 Å². The van der Waals surface area contributed by atoms with Crippen molar-refractivity contribution in [3.8, 4) is 0 Å². The summed E-state index contributed by atoms with van der Waals surface area (Å²) in [6, 6.07) is 2.33. The van der Waals surface area contributed by atoms with Crippen molar-refractivity contribution in [3.63, 3.8) is 0 Å². The van der Waals surface area contributed by atoms with Gasteiger partial charge in [0.1, 0.15) is 0 Å². The molecule has 1 saturated carbocycles. The van der Waals surface area contributed by atoms with Gasteiger partial charge in [-0.15, -0.1) is 11.3 Å². The molecule has 1 aromatic heterocycles. The Morgan fingerprint density at radius 3 is 2.60 bits per heavy atom. The van der Waals surface area contributed by atoms with E-state index >= 15 is 0 Å². The molecule has 1 aromatic rings. The Morgan fingerprint density at radius 2 is 2.00 bits per heavy atom. The molecule has 20 heavy (non-hydrogen) atoms. The summed E-state index contributed by atoms with van der Waals surface area (Å²) in [6.45, 7) is 6.72. The van der Waals surface area contributed by atoms with E-state index in [2.05, 4.69) is 41.2 Å². The zero-order valence-electron chi connectivity index (χ0n) is 12.9. The van der Waals surface area contributed by atoms with Crippen LogP contribution >= 0.6 is 27.3 Å². The number of nitrogens with one attached hydrogen (secondary N) is 1. The number of hydrogen-bond donors (Lipinski definition) is 1. The molecule has 0 aromatic carbocycles. The van der Waals surface area contributed by atoms with Gasteiger partial charge in [0, 0.05) is 14.2 Å². The van der Waals surface area contributed by atoms with Crippen molar-refractivity contribution in [2.75, 3.05) is 13.1 Å². The third-order valence-corrected chi connectivity index (χ3v) is 7.00. The van der Waals surface area contributed by atoms with Crippen LogP contribution in [0.4, 0.5) is 0 Å². The molecule has 3 heteroatoms. The first-order valence-electron chi connectivity index (χ1n) is 8.11. The third kappa shape index (κ3) is 4.57. The summed E-state index contributed by atoms with van der Waals surface area (Å²) in [6.07, 6.45) is 11.2. The van der Waals surface area contributed by atoms with Crippen molar-refractivity contribution in [3.05, 3.63) is 20.3 Å². The van der Waals surface area contributed by atoms with Gasteiger partial charge in [-0.05, 0) is 79.5 Å². The van der Waals surface area contributed by atoms with E-state index in [0.717, 1.165) is 6.54 Å². The van der Waals surface area contributed by atoms with Gasteiger partial charge in [-0.3, -0.25) is 0 Å². The highest BCUT2D eigenvalue weighted by Gasteiger charge is 2.31. The lowest BCUT2D eigenvalue weighted by Crippen LogP contribution is -2.29. The quantitative estimate of drug-likeness (QED) is 0.616. The van der Waals surface area contributed by atoms with Crippen molar-refractivity contribution in [1.29, 1.82) is 0 Å². The Balaban J connectivity index is 1.92. The van der Waals surface area contributed by atoms with Crippen molar-refractivity contribution in [1.82, 2.24) is 5.32 Å². The molecule has 1 fully saturated rings. The van der Waals surface area contributed by atoms with Crippen LogP contribution in [0, 0.1) is 12.3 Å². The van der Waals surface area contributed by atoms with Crippen LogP contribution in [0.3, 0.4) is 0 Å². The predicted molar refractivity (Wildman–Crippen MR) is 93.8 cm³/mol. The van der Waals surface area contributed by atoms with Crippen LogP contribution in [-0.4, -0.2) is 13.1 Å². The van der Waals surface area contributed by atoms with Crippen molar-refractivity contribution in [2.24, 2.45) is 5.41 Å². The molecular weight excluding hydrogens is 330 g/mol. The molecule has 1 nitrogen and oxygen atoms in total. The molecule has 2 rings (SSSR count). The van der Waals surface area contributed by atoms with E-state index in [4.69, 9.17) is 0 Å². The van der Waals surface area contributed by atoms with Gasteiger partial charge in [0.25, 0.3) is 0 Å². The van der Waals surface area contributed by atoms with Gasteiger partial charge in [0.15, 0.2) is 0 Å². The zero-order valence-corrected chi connectivity index (χ0v) is 15.3. The monoisotopic (exact) mass is 357 g/mol. The van der Waals surface area contributed by atoms with Crippen LogP contribution in [0.5, 0.6) is 0 Å². The van der Waals surface area contributed by atoms with E-state index < -0.39 is 0 Å². The van der Waals surface area contributed by atoms with Crippen LogP contribution in [0.2, 0.25) is 0 Å². The molecule has 114 valence electrons. The van der Waals surface area contributed by atoms with Crippen molar-refractivity contribution >= 4 is 27.3 Å². The normalized spacial score (nSPS) is 18.4. The molecule has 0 aliphatic heterocycles. The molecule has 0 amide bonds. The Bertz CT molecular complexity index is 388. The van der Waals surface area contributed by atoms with Gasteiger partial charge >= 0.3 is 0 Å². The number of halogens is 1. The van der Waals surface area contributed by atoms with E-state index in [9.17, 15) is 0 Å². The highest BCUT2D eigenvalue weighted by molar-refractivity contribution is 9.10. The van der Waals surface area contributed by atoms with Gasteiger partial charge in [-0.2, -0.15) is 0 Å². The molecule has 1 heterocycles. The molecule has 0 spiro atoms. The average Bonchev–Trinajstić information content (AvgIpc) is 2.77. The largest absolute Gasteiger partial charge is 0.317 e. The molecule has 0 atom stereocenters. The minimum atomic E-state index is 0.616. The smallest absolute Gasteiger partial charge is 0.0314 e. The average molecular weight is 358 g/mol. The Morgan fingerprint density at radius 1 is 1.25 bits per heavy atom. The number of thiophene rings is 1. The number of hydrogen-bond acceptors (Lipinski definition) is 2. The molecule has 0 unspecified atom stereocenters. The van der Waals surface area contributed by atoms with Crippen LogP contribution in [-0.2, 0) is 6.42 Å². The standard InChI is InChI=1S/C17H28BrNS/c1-3-19-12-11-17(8-5-4-6-9-17)10-7-15-13-16(18)14(2)20-15/h13,19H,3-12H2,1-2H3. The van der Waals surface area contributed by atoms with E-state index in [1.807, 2.05) is 11.3 Å². The SMILES string of the molecule is CCNCCC1(CCc2cc(Br)c(C)s2)CCCCC1. The minimum Gasteiger partial charge on any atom is -0.317 e. The first-order valence-corrected chi connectivity index (χ1v) is 9.72. The highest BCUT2D eigenvalue weighted by Crippen LogP contribution is 2.43. The summed E-state index contributed by atoms with van der Waals surface area (Å²) < 4.78 is 1.29.